The number of carbonyl (C=O) groups excluding carboxylic acids is 2. The first-order chi connectivity index (χ1) is 15.7. The zero-order valence-electron chi connectivity index (χ0n) is 17.5. The number of anilines is 1. The van der Waals surface area contributed by atoms with Gasteiger partial charge in [0, 0.05) is 50.1 Å². The van der Waals surface area contributed by atoms with Crippen molar-refractivity contribution in [1.82, 2.24) is 14.8 Å². The van der Waals surface area contributed by atoms with E-state index in [1.807, 2.05) is 42.6 Å². The smallest absolute Gasteiger partial charge is 0.321 e. The molecular formula is C24H24N4O4. The average molecular weight is 432 g/mol. The maximum absolute atomic E-state index is 12.5. The number of pyridine rings is 1. The number of urea groups is 1. The zero-order chi connectivity index (χ0) is 21.9. The van der Waals surface area contributed by atoms with Gasteiger partial charge >= 0.3 is 6.03 Å². The fraction of sp³-hybridized carbons (Fsp3) is 0.292. The van der Waals surface area contributed by atoms with Gasteiger partial charge < -0.3 is 24.3 Å². The van der Waals surface area contributed by atoms with E-state index in [-0.39, 0.29) is 18.0 Å². The quantitative estimate of drug-likeness (QED) is 0.666. The molecule has 8 heteroatoms. The molecule has 32 heavy (non-hydrogen) atoms. The second-order valence-corrected chi connectivity index (χ2v) is 8.10. The minimum absolute atomic E-state index is 0.0696. The molecule has 1 atom stereocenters. The van der Waals surface area contributed by atoms with E-state index in [1.54, 1.807) is 28.1 Å². The highest BCUT2D eigenvalue weighted by Gasteiger charge is 2.32. The van der Waals surface area contributed by atoms with Crippen LogP contribution in [-0.2, 0) is 0 Å². The molecule has 4 heterocycles. The molecule has 2 aliphatic heterocycles. The predicted molar refractivity (Wildman–Crippen MR) is 118 cm³/mol. The SMILES string of the molecule is O=C(Nc1ccc(O[C@@H]2CCN(C(=O)c3ccco3)C2)cc1)N1CC(c2cccnc2)C1. The summed E-state index contributed by atoms with van der Waals surface area (Å²) in [5.41, 5.74) is 1.88. The Hall–Kier alpha value is -3.81. The first-order valence-corrected chi connectivity index (χ1v) is 10.7. The number of furan rings is 1. The van der Waals surface area contributed by atoms with Gasteiger partial charge in [0.05, 0.1) is 12.8 Å². The molecule has 2 saturated heterocycles. The molecule has 0 unspecified atom stereocenters. The molecule has 2 fully saturated rings. The van der Waals surface area contributed by atoms with Crippen LogP contribution in [0.15, 0.2) is 71.6 Å². The van der Waals surface area contributed by atoms with Gasteiger partial charge in [-0.2, -0.15) is 0 Å². The van der Waals surface area contributed by atoms with Crippen molar-refractivity contribution in [1.29, 1.82) is 0 Å². The summed E-state index contributed by atoms with van der Waals surface area (Å²) in [6, 6.07) is 14.5. The number of hydrogen-bond donors (Lipinski definition) is 1. The maximum atomic E-state index is 12.5. The first-order valence-electron chi connectivity index (χ1n) is 10.7. The van der Waals surface area contributed by atoms with Crippen LogP contribution in [0.4, 0.5) is 10.5 Å². The zero-order valence-corrected chi connectivity index (χ0v) is 17.5. The lowest BCUT2D eigenvalue weighted by Gasteiger charge is -2.39. The Bertz CT molecular complexity index is 1060. The van der Waals surface area contributed by atoms with Crippen molar-refractivity contribution < 1.29 is 18.7 Å². The largest absolute Gasteiger partial charge is 0.489 e. The molecular weight excluding hydrogens is 408 g/mol. The Kier molecular flexibility index (Phi) is 5.49. The van der Waals surface area contributed by atoms with Crippen LogP contribution in [0.2, 0.25) is 0 Å². The highest BCUT2D eigenvalue weighted by Crippen LogP contribution is 2.27. The molecule has 3 aromatic rings. The summed E-state index contributed by atoms with van der Waals surface area (Å²) in [6.45, 7) is 2.53. The van der Waals surface area contributed by atoms with E-state index in [0.717, 1.165) is 12.0 Å². The highest BCUT2D eigenvalue weighted by molar-refractivity contribution is 5.91. The van der Waals surface area contributed by atoms with E-state index in [4.69, 9.17) is 9.15 Å². The summed E-state index contributed by atoms with van der Waals surface area (Å²) >= 11 is 0. The molecule has 0 spiro atoms. The van der Waals surface area contributed by atoms with Gasteiger partial charge in [0.1, 0.15) is 11.9 Å². The number of carbonyl (C=O) groups is 2. The number of benzene rings is 1. The third-order valence-electron chi connectivity index (χ3n) is 5.90. The third-order valence-corrected chi connectivity index (χ3v) is 5.90. The van der Waals surface area contributed by atoms with Gasteiger partial charge in [0.25, 0.3) is 5.91 Å². The van der Waals surface area contributed by atoms with E-state index in [1.165, 1.54) is 6.26 Å². The van der Waals surface area contributed by atoms with Gasteiger partial charge in [-0.1, -0.05) is 6.07 Å². The fourth-order valence-electron chi connectivity index (χ4n) is 4.05. The standard InChI is InChI=1S/C24H24N4O4/c29-23(22-4-2-12-31-22)27-11-9-21(16-27)32-20-7-5-19(6-8-20)26-24(30)28-14-18(15-28)17-3-1-10-25-13-17/h1-8,10,12-13,18,21H,9,11,14-16H2,(H,26,30)/t21-/m1/s1. The van der Waals surface area contributed by atoms with Crippen molar-refractivity contribution >= 4 is 17.6 Å². The van der Waals surface area contributed by atoms with E-state index >= 15 is 0 Å². The molecule has 0 aliphatic carbocycles. The molecule has 3 amide bonds. The lowest BCUT2D eigenvalue weighted by molar-refractivity contribution is 0.0741. The van der Waals surface area contributed by atoms with Gasteiger partial charge in [0.15, 0.2) is 5.76 Å². The summed E-state index contributed by atoms with van der Waals surface area (Å²) in [4.78, 5) is 32.5. The van der Waals surface area contributed by atoms with Crippen molar-refractivity contribution in [3.63, 3.8) is 0 Å². The van der Waals surface area contributed by atoms with Gasteiger partial charge in [-0.25, -0.2) is 4.79 Å². The Balaban J connectivity index is 1.09. The van der Waals surface area contributed by atoms with Gasteiger partial charge in [0.2, 0.25) is 0 Å². The normalized spacial score (nSPS) is 18.3. The van der Waals surface area contributed by atoms with Crippen molar-refractivity contribution in [2.75, 3.05) is 31.5 Å². The van der Waals surface area contributed by atoms with Crippen LogP contribution in [0, 0.1) is 0 Å². The summed E-state index contributed by atoms with van der Waals surface area (Å²) in [5.74, 6) is 1.28. The monoisotopic (exact) mass is 432 g/mol. The van der Waals surface area contributed by atoms with E-state index < -0.39 is 0 Å². The van der Waals surface area contributed by atoms with Crippen molar-refractivity contribution in [3.05, 3.63) is 78.5 Å². The second-order valence-electron chi connectivity index (χ2n) is 8.10. The van der Waals surface area contributed by atoms with Crippen LogP contribution >= 0.6 is 0 Å². The number of aromatic nitrogens is 1. The van der Waals surface area contributed by atoms with Crippen LogP contribution in [0.5, 0.6) is 5.75 Å². The number of rotatable bonds is 5. The van der Waals surface area contributed by atoms with Crippen LogP contribution in [-0.4, -0.2) is 59.0 Å². The molecule has 8 nitrogen and oxygen atoms in total. The highest BCUT2D eigenvalue weighted by atomic mass is 16.5. The summed E-state index contributed by atoms with van der Waals surface area (Å²) in [6.07, 6.45) is 5.80. The van der Waals surface area contributed by atoms with Crippen molar-refractivity contribution in [2.24, 2.45) is 0 Å². The summed E-state index contributed by atoms with van der Waals surface area (Å²) in [7, 11) is 0. The van der Waals surface area contributed by atoms with Crippen LogP contribution in [0.3, 0.4) is 0 Å². The van der Waals surface area contributed by atoms with Crippen molar-refractivity contribution in [3.8, 4) is 5.75 Å². The van der Waals surface area contributed by atoms with Gasteiger partial charge in [-0.05, 0) is 48.0 Å². The third kappa shape index (κ3) is 4.30. The van der Waals surface area contributed by atoms with Crippen molar-refractivity contribution in [2.45, 2.75) is 18.4 Å². The Labute approximate surface area is 185 Å². The number of nitrogens with zero attached hydrogens (tertiary/aromatic N) is 3. The molecule has 1 N–H and O–H groups in total. The van der Waals surface area contributed by atoms with Crippen LogP contribution < -0.4 is 10.1 Å². The summed E-state index contributed by atoms with van der Waals surface area (Å²) in [5, 5.41) is 2.93. The Morgan fingerprint density at radius 3 is 2.59 bits per heavy atom. The van der Waals surface area contributed by atoms with E-state index in [9.17, 15) is 9.59 Å². The average Bonchev–Trinajstić information content (AvgIpc) is 3.47. The molecule has 0 bridgehead atoms. The lowest BCUT2D eigenvalue weighted by atomic mass is 9.93. The molecule has 0 saturated carbocycles. The molecule has 5 rings (SSSR count). The molecule has 1 aromatic carbocycles. The molecule has 2 aromatic heterocycles. The Morgan fingerprint density at radius 2 is 1.88 bits per heavy atom. The van der Waals surface area contributed by atoms with Gasteiger partial charge in [-0.3, -0.25) is 9.78 Å². The maximum Gasteiger partial charge on any atom is 0.321 e. The molecule has 0 radical (unpaired) electrons. The molecule has 2 aliphatic rings. The second kappa shape index (κ2) is 8.74. The van der Waals surface area contributed by atoms with Gasteiger partial charge in [-0.15, -0.1) is 0 Å². The van der Waals surface area contributed by atoms with Crippen LogP contribution in [0.1, 0.15) is 28.5 Å². The number of amides is 3. The van der Waals surface area contributed by atoms with E-state index in [2.05, 4.69) is 10.3 Å². The lowest BCUT2D eigenvalue weighted by Crippen LogP contribution is -2.50. The number of ether oxygens (including phenoxy) is 1. The topological polar surface area (TPSA) is 87.9 Å². The minimum Gasteiger partial charge on any atom is -0.489 e. The molecule has 164 valence electrons. The number of nitrogens with one attached hydrogen (secondary N) is 1. The Morgan fingerprint density at radius 1 is 1.03 bits per heavy atom. The first kappa shape index (κ1) is 20.1. The van der Waals surface area contributed by atoms with E-state index in [0.29, 0.717) is 49.3 Å². The minimum atomic E-state index is -0.115. The fourth-order valence-corrected chi connectivity index (χ4v) is 4.05. The summed E-state index contributed by atoms with van der Waals surface area (Å²) < 4.78 is 11.2. The number of likely N-dealkylation sites (tertiary alicyclic amines) is 2. The number of hydrogen-bond acceptors (Lipinski definition) is 5. The predicted octanol–water partition coefficient (Wildman–Crippen LogP) is 3.60. The van der Waals surface area contributed by atoms with Crippen LogP contribution in [0.25, 0.3) is 0 Å².